The Morgan fingerprint density at radius 1 is 1.29 bits per heavy atom. The van der Waals surface area contributed by atoms with Crippen LogP contribution in [0.15, 0.2) is 51.9 Å². The number of carbonyl (C=O) groups is 1. The Bertz CT molecular complexity index is 683. The molecule has 3 aromatic rings. The van der Waals surface area contributed by atoms with Gasteiger partial charge in [0.15, 0.2) is 5.78 Å². The lowest BCUT2D eigenvalue weighted by Crippen LogP contribution is -1.97. The first-order chi connectivity index (χ1) is 8.25. The molecule has 3 nitrogen and oxygen atoms in total. The quantitative estimate of drug-likeness (QED) is 0.730. The lowest BCUT2D eigenvalue weighted by molar-refractivity contribution is 0.103. The summed E-state index contributed by atoms with van der Waals surface area (Å²) in [7, 11) is 0. The summed E-state index contributed by atoms with van der Waals surface area (Å²) in [6.07, 6.45) is 4.69. The molecular formula is C13H8BrNO2. The zero-order valence-electron chi connectivity index (χ0n) is 8.74. The molecule has 2 heterocycles. The molecule has 17 heavy (non-hydrogen) atoms. The summed E-state index contributed by atoms with van der Waals surface area (Å²) >= 11 is 3.40. The third kappa shape index (κ3) is 1.70. The number of H-pyrrole nitrogens is 1. The first-order valence-electron chi connectivity index (χ1n) is 5.09. The van der Waals surface area contributed by atoms with Gasteiger partial charge in [-0.2, -0.15) is 0 Å². The molecule has 0 radical (unpaired) electrons. The molecule has 4 heteroatoms. The van der Waals surface area contributed by atoms with Crippen molar-refractivity contribution >= 4 is 32.6 Å². The molecule has 0 aliphatic heterocycles. The van der Waals surface area contributed by atoms with Gasteiger partial charge in [0.2, 0.25) is 0 Å². The molecule has 0 amide bonds. The van der Waals surface area contributed by atoms with Gasteiger partial charge in [0, 0.05) is 27.1 Å². The van der Waals surface area contributed by atoms with Crippen LogP contribution in [0.2, 0.25) is 0 Å². The van der Waals surface area contributed by atoms with Crippen LogP contribution in [0.25, 0.3) is 10.9 Å². The number of carbonyl (C=O) groups excluding carboxylic acids is 1. The monoisotopic (exact) mass is 289 g/mol. The number of rotatable bonds is 2. The molecule has 0 aliphatic carbocycles. The molecule has 2 aromatic heterocycles. The third-order valence-corrected chi connectivity index (χ3v) is 3.17. The van der Waals surface area contributed by atoms with Crippen molar-refractivity contribution in [3.63, 3.8) is 0 Å². The lowest BCUT2D eigenvalue weighted by atomic mass is 10.1. The predicted molar refractivity (Wildman–Crippen MR) is 68.1 cm³/mol. The van der Waals surface area contributed by atoms with Crippen LogP contribution in [0.4, 0.5) is 0 Å². The average Bonchev–Trinajstić information content (AvgIpc) is 2.96. The second kappa shape index (κ2) is 3.89. The summed E-state index contributed by atoms with van der Waals surface area (Å²) in [5.74, 6) is -0.0349. The second-order valence-electron chi connectivity index (χ2n) is 3.73. The number of furan rings is 1. The summed E-state index contributed by atoms with van der Waals surface area (Å²) in [5.41, 5.74) is 2.16. The molecule has 0 saturated carbocycles. The van der Waals surface area contributed by atoms with Crippen molar-refractivity contribution in [3.8, 4) is 0 Å². The zero-order chi connectivity index (χ0) is 11.8. The minimum Gasteiger partial charge on any atom is -0.472 e. The van der Waals surface area contributed by atoms with Crippen LogP contribution in [-0.2, 0) is 0 Å². The molecule has 0 atom stereocenters. The third-order valence-electron chi connectivity index (χ3n) is 2.67. The number of halogens is 1. The van der Waals surface area contributed by atoms with Gasteiger partial charge in [0.1, 0.15) is 6.26 Å². The highest BCUT2D eigenvalue weighted by atomic mass is 79.9. The highest BCUT2D eigenvalue weighted by molar-refractivity contribution is 9.10. The minimum absolute atomic E-state index is 0.0349. The predicted octanol–water partition coefficient (Wildman–Crippen LogP) is 3.75. The van der Waals surface area contributed by atoms with E-state index < -0.39 is 0 Å². The fourth-order valence-electron chi connectivity index (χ4n) is 1.84. The Morgan fingerprint density at radius 2 is 2.18 bits per heavy atom. The first-order valence-corrected chi connectivity index (χ1v) is 5.88. The number of ketones is 1. The van der Waals surface area contributed by atoms with E-state index in [9.17, 15) is 4.79 Å². The van der Waals surface area contributed by atoms with Crippen LogP contribution in [0.5, 0.6) is 0 Å². The topological polar surface area (TPSA) is 46.0 Å². The number of nitrogens with one attached hydrogen (secondary N) is 1. The smallest absolute Gasteiger partial charge is 0.198 e. The van der Waals surface area contributed by atoms with Gasteiger partial charge >= 0.3 is 0 Å². The Hall–Kier alpha value is -1.81. The average molecular weight is 290 g/mol. The van der Waals surface area contributed by atoms with Gasteiger partial charge in [-0.05, 0) is 18.2 Å². The number of fused-ring (bicyclic) bond motifs is 1. The minimum atomic E-state index is -0.0349. The maximum Gasteiger partial charge on any atom is 0.198 e. The van der Waals surface area contributed by atoms with Crippen molar-refractivity contribution in [3.05, 3.63) is 58.6 Å². The summed E-state index contributed by atoms with van der Waals surface area (Å²) < 4.78 is 5.91. The van der Waals surface area contributed by atoms with Crippen LogP contribution in [0.3, 0.4) is 0 Å². The number of benzene rings is 1. The Balaban J connectivity index is 2.15. The molecular weight excluding hydrogens is 282 g/mol. The number of aromatic amines is 1. The molecule has 0 unspecified atom stereocenters. The van der Waals surface area contributed by atoms with E-state index in [1.807, 2.05) is 18.2 Å². The SMILES string of the molecule is O=C(c1ccoc1)c1c[nH]c2cc(Br)ccc12. The summed E-state index contributed by atoms with van der Waals surface area (Å²) in [6, 6.07) is 7.45. The number of hydrogen-bond donors (Lipinski definition) is 1. The largest absolute Gasteiger partial charge is 0.472 e. The van der Waals surface area contributed by atoms with Crippen molar-refractivity contribution in [2.45, 2.75) is 0 Å². The van der Waals surface area contributed by atoms with Crippen molar-refractivity contribution in [1.82, 2.24) is 4.98 Å². The van der Waals surface area contributed by atoms with Crippen molar-refractivity contribution in [2.24, 2.45) is 0 Å². The standard InChI is InChI=1S/C13H8BrNO2/c14-9-1-2-10-11(6-15-12(10)5-9)13(16)8-3-4-17-7-8/h1-7,15H. The van der Waals surface area contributed by atoms with Crippen LogP contribution in [-0.4, -0.2) is 10.8 Å². The molecule has 0 saturated heterocycles. The van der Waals surface area contributed by atoms with Gasteiger partial charge < -0.3 is 9.40 Å². The molecule has 3 rings (SSSR count). The van der Waals surface area contributed by atoms with E-state index in [0.717, 1.165) is 15.4 Å². The van der Waals surface area contributed by atoms with Gasteiger partial charge in [-0.25, -0.2) is 0 Å². The normalized spacial score (nSPS) is 10.9. The van der Waals surface area contributed by atoms with Crippen LogP contribution in [0, 0.1) is 0 Å². The highest BCUT2D eigenvalue weighted by Gasteiger charge is 2.14. The fraction of sp³-hybridized carbons (Fsp3) is 0. The lowest BCUT2D eigenvalue weighted by Gasteiger charge is -1.96. The van der Waals surface area contributed by atoms with Crippen molar-refractivity contribution in [1.29, 1.82) is 0 Å². The van der Waals surface area contributed by atoms with E-state index in [2.05, 4.69) is 20.9 Å². The van der Waals surface area contributed by atoms with Gasteiger partial charge in [0.05, 0.1) is 11.8 Å². The highest BCUT2D eigenvalue weighted by Crippen LogP contribution is 2.24. The maximum absolute atomic E-state index is 12.2. The van der Waals surface area contributed by atoms with E-state index in [1.54, 1.807) is 12.3 Å². The molecule has 0 aliphatic rings. The summed E-state index contributed by atoms with van der Waals surface area (Å²) in [5, 5.41) is 0.916. The van der Waals surface area contributed by atoms with Crippen LogP contribution in [0.1, 0.15) is 15.9 Å². The van der Waals surface area contributed by atoms with Crippen molar-refractivity contribution < 1.29 is 9.21 Å². The number of hydrogen-bond acceptors (Lipinski definition) is 2. The molecule has 1 N–H and O–H groups in total. The molecule has 1 aromatic carbocycles. The van der Waals surface area contributed by atoms with E-state index in [1.165, 1.54) is 12.5 Å². The molecule has 0 spiro atoms. The Kier molecular flexibility index (Phi) is 2.37. The first kappa shape index (κ1) is 10.4. The van der Waals surface area contributed by atoms with E-state index in [-0.39, 0.29) is 5.78 Å². The van der Waals surface area contributed by atoms with Gasteiger partial charge in [-0.1, -0.05) is 22.0 Å². The Labute approximate surface area is 106 Å². The van der Waals surface area contributed by atoms with Gasteiger partial charge in [0.25, 0.3) is 0 Å². The van der Waals surface area contributed by atoms with Crippen molar-refractivity contribution in [2.75, 3.05) is 0 Å². The van der Waals surface area contributed by atoms with E-state index in [4.69, 9.17) is 4.42 Å². The maximum atomic E-state index is 12.2. The van der Waals surface area contributed by atoms with E-state index >= 15 is 0 Å². The van der Waals surface area contributed by atoms with Gasteiger partial charge in [-0.3, -0.25) is 4.79 Å². The number of aromatic nitrogens is 1. The zero-order valence-corrected chi connectivity index (χ0v) is 10.3. The summed E-state index contributed by atoms with van der Waals surface area (Å²) in [4.78, 5) is 15.3. The molecule has 84 valence electrons. The molecule has 0 fully saturated rings. The molecule has 0 bridgehead atoms. The van der Waals surface area contributed by atoms with E-state index in [0.29, 0.717) is 11.1 Å². The Morgan fingerprint density at radius 3 is 2.94 bits per heavy atom. The van der Waals surface area contributed by atoms with Crippen LogP contribution >= 0.6 is 15.9 Å². The fourth-order valence-corrected chi connectivity index (χ4v) is 2.20. The van der Waals surface area contributed by atoms with Gasteiger partial charge in [-0.15, -0.1) is 0 Å². The second-order valence-corrected chi connectivity index (χ2v) is 4.65. The van der Waals surface area contributed by atoms with Crippen LogP contribution < -0.4 is 0 Å². The summed E-state index contributed by atoms with van der Waals surface area (Å²) in [6.45, 7) is 0.